The van der Waals surface area contributed by atoms with Gasteiger partial charge in [-0.05, 0) is 38.1 Å². The van der Waals surface area contributed by atoms with Gasteiger partial charge in [-0.2, -0.15) is 13.2 Å². The number of ether oxygens (including phenoxy) is 2. The van der Waals surface area contributed by atoms with Crippen molar-refractivity contribution in [1.29, 1.82) is 0 Å². The maximum Gasteiger partial charge on any atom is 0.433 e. The molecule has 7 nitrogen and oxygen atoms in total. The van der Waals surface area contributed by atoms with E-state index in [4.69, 9.17) is 9.47 Å². The van der Waals surface area contributed by atoms with Crippen LogP contribution < -0.4 is 20.1 Å². The van der Waals surface area contributed by atoms with Gasteiger partial charge < -0.3 is 20.1 Å². The topological polar surface area (TPSA) is 89.6 Å². The second kappa shape index (κ2) is 10.7. The quantitative estimate of drug-likeness (QED) is 0.457. The van der Waals surface area contributed by atoms with Gasteiger partial charge in [0.2, 0.25) is 0 Å². The summed E-state index contributed by atoms with van der Waals surface area (Å²) in [5.74, 6) is -0.541. The number of rotatable bonds is 8. The first-order chi connectivity index (χ1) is 16.2. The Bertz CT molecular complexity index is 1150. The lowest BCUT2D eigenvalue weighted by Crippen LogP contribution is -2.16. The maximum absolute atomic E-state index is 12.7. The second-order valence-electron chi connectivity index (χ2n) is 6.91. The fourth-order valence-corrected chi connectivity index (χ4v) is 2.98. The number of pyridine rings is 1. The summed E-state index contributed by atoms with van der Waals surface area (Å²) in [7, 11) is 0. The Morgan fingerprint density at radius 3 is 1.79 bits per heavy atom. The van der Waals surface area contributed by atoms with Gasteiger partial charge in [0.15, 0.2) is 0 Å². The number of nitrogens with zero attached hydrogens (tertiary/aromatic N) is 1. The highest BCUT2D eigenvalue weighted by atomic mass is 19.4. The largest absolute Gasteiger partial charge is 0.492 e. The lowest BCUT2D eigenvalue weighted by Gasteiger charge is -2.18. The number of carbonyl (C=O) groups excluding carboxylic acids is 2. The zero-order valence-corrected chi connectivity index (χ0v) is 18.4. The van der Waals surface area contributed by atoms with E-state index < -0.39 is 17.8 Å². The molecule has 2 N–H and O–H groups in total. The molecule has 10 heteroatoms. The van der Waals surface area contributed by atoms with E-state index in [-0.39, 0.29) is 41.9 Å². The van der Waals surface area contributed by atoms with Crippen LogP contribution in [0.5, 0.6) is 11.5 Å². The third kappa shape index (κ3) is 6.03. The summed E-state index contributed by atoms with van der Waals surface area (Å²) in [6, 6.07) is 13.3. The molecule has 0 saturated heterocycles. The third-order valence-corrected chi connectivity index (χ3v) is 4.53. The van der Waals surface area contributed by atoms with Crippen LogP contribution in [-0.4, -0.2) is 30.0 Å². The first kappa shape index (κ1) is 24.6. The van der Waals surface area contributed by atoms with E-state index in [1.54, 1.807) is 44.2 Å². The molecule has 0 bridgehead atoms. The Balaban J connectivity index is 1.89. The molecule has 1 aromatic heterocycles. The molecular weight excluding hydrogens is 451 g/mol. The maximum atomic E-state index is 12.7. The van der Waals surface area contributed by atoms with Gasteiger partial charge in [0.1, 0.15) is 17.2 Å². The Hall–Kier alpha value is -4.08. The van der Waals surface area contributed by atoms with Crippen LogP contribution in [0.4, 0.5) is 24.5 Å². The van der Waals surface area contributed by atoms with Gasteiger partial charge in [-0.1, -0.05) is 18.2 Å². The number of carbonyl (C=O) groups is 2. The van der Waals surface area contributed by atoms with Crippen LogP contribution in [0, 0.1) is 0 Å². The molecule has 0 atom stereocenters. The van der Waals surface area contributed by atoms with Gasteiger partial charge in [-0.15, -0.1) is 0 Å². The summed E-state index contributed by atoms with van der Waals surface area (Å²) in [6.07, 6.45) is -3.76. The van der Waals surface area contributed by atoms with Gasteiger partial charge in [0.05, 0.1) is 30.2 Å². The Kier molecular flexibility index (Phi) is 7.72. The van der Waals surface area contributed by atoms with E-state index in [1.807, 2.05) is 0 Å². The molecule has 0 aliphatic heterocycles. The standard InChI is InChI=1S/C24H22F3N3O4/c1-3-33-19-13-18(30-23(32)16-10-11-21(28-14-16)24(25,26)27)20(34-4-2)12-17(19)29-22(31)15-8-6-5-7-9-15/h5-14H,3-4H2,1-2H3,(H,29,31)(H,30,32). The molecule has 3 aromatic rings. The van der Waals surface area contributed by atoms with Crippen LogP contribution in [0.2, 0.25) is 0 Å². The number of hydrogen-bond acceptors (Lipinski definition) is 5. The van der Waals surface area contributed by atoms with Crippen molar-refractivity contribution in [3.63, 3.8) is 0 Å². The third-order valence-electron chi connectivity index (χ3n) is 4.53. The average molecular weight is 473 g/mol. The first-order valence-corrected chi connectivity index (χ1v) is 10.4. The number of hydrogen-bond donors (Lipinski definition) is 2. The molecule has 0 aliphatic rings. The summed E-state index contributed by atoms with van der Waals surface area (Å²) in [5.41, 5.74) is -0.192. The summed E-state index contributed by atoms with van der Waals surface area (Å²) in [4.78, 5) is 28.6. The van der Waals surface area contributed by atoms with Crippen LogP contribution in [0.3, 0.4) is 0 Å². The van der Waals surface area contributed by atoms with E-state index in [2.05, 4.69) is 15.6 Å². The monoisotopic (exact) mass is 473 g/mol. The van der Waals surface area contributed by atoms with E-state index in [0.29, 0.717) is 11.3 Å². The van der Waals surface area contributed by atoms with Crippen molar-refractivity contribution >= 4 is 23.2 Å². The van der Waals surface area contributed by atoms with Crippen molar-refractivity contribution < 1.29 is 32.2 Å². The van der Waals surface area contributed by atoms with Crippen LogP contribution in [-0.2, 0) is 6.18 Å². The van der Waals surface area contributed by atoms with E-state index in [0.717, 1.165) is 18.3 Å². The van der Waals surface area contributed by atoms with E-state index in [1.165, 1.54) is 12.1 Å². The Morgan fingerprint density at radius 2 is 1.35 bits per heavy atom. The Morgan fingerprint density at radius 1 is 0.824 bits per heavy atom. The number of benzene rings is 2. The van der Waals surface area contributed by atoms with Crippen molar-refractivity contribution in [2.24, 2.45) is 0 Å². The molecule has 3 rings (SSSR count). The van der Waals surface area contributed by atoms with Crippen molar-refractivity contribution in [2.45, 2.75) is 20.0 Å². The first-order valence-electron chi connectivity index (χ1n) is 10.4. The van der Waals surface area contributed by atoms with Crippen molar-refractivity contribution in [1.82, 2.24) is 4.98 Å². The molecule has 0 spiro atoms. The van der Waals surface area contributed by atoms with Crippen LogP contribution in [0.15, 0.2) is 60.8 Å². The van der Waals surface area contributed by atoms with Crippen molar-refractivity contribution in [2.75, 3.05) is 23.8 Å². The molecule has 2 amide bonds. The van der Waals surface area contributed by atoms with Gasteiger partial charge in [-0.25, -0.2) is 0 Å². The molecule has 2 aromatic carbocycles. The summed E-state index contributed by atoms with van der Waals surface area (Å²) >= 11 is 0. The van der Waals surface area contributed by atoms with Gasteiger partial charge in [0, 0.05) is 23.9 Å². The van der Waals surface area contributed by atoms with Crippen LogP contribution in [0.1, 0.15) is 40.3 Å². The van der Waals surface area contributed by atoms with Gasteiger partial charge in [0.25, 0.3) is 11.8 Å². The van der Waals surface area contributed by atoms with E-state index >= 15 is 0 Å². The number of nitrogens with one attached hydrogen (secondary N) is 2. The number of aromatic nitrogens is 1. The number of alkyl halides is 3. The normalized spacial score (nSPS) is 11.0. The van der Waals surface area contributed by atoms with Crippen LogP contribution in [0.25, 0.3) is 0 Å². The lowest BCUT2D eigenvalue weighted by atomic mass is 10.1. The van der Waals surface area contributed by atoms with Crippen molar-refractivity contribution in [3.05, 3.63) is 77.6 Å². The molecule has 0 unspecified atom stereocenters. The molecular formula is C24H22F3N3O4. The Labute approximate surface area is 193 Å². The average Bonchev–Trinajstić information content (AvgIpc) is 2.82. The highest BCUT2D eigenvalue weighted by molar-refractivity contribution is 6.07. The number of halogens is 3. The molecule has 1 heterocycles. The van der Waals surface area contributed by atoms with Gasteiger partial charge >= 0.3 is 6.18 Å². The summed E-state index contributed by atoms with van der Waals surface area (Å²) < 4.78 is 49.4. The van der Waals surface area contributed by atoms with E-state index in [9.17, 15) is 22.8 Å². The van der Waals surface area contributed by atoms with Crippen LogP contribution >= 0.6 is 0 Å². The molecule has 0 saturated carbocycles. The minimum absolute atomic E-state index is 0.0742. The summed E-state index contributed by atoms with van der Waals surface area (Å²) in [5, 5.41) is 5.37. The highest BCUT2D eigenvalue weighted by Gasteiger charge is 2.32. The number of amides is 2. The number of anilines is 2. The SMILES string of the molecule is CCOc1cc(NC(=O)c2ccc(C(F)(F)F)nc2)c(OCC)cc1NC(=O)c1ccccc1. The molecule has 0 aliphatic carbocycles. The highest BCUT2D eigenvalue weighted by Crippen LogP contribution is 2.37. The molecule has 178 valence electrons. The molecule has 34 heavy (non-hydrogen) atoms. The summed E-state index contributed by atoms with van der Waals surface area (Å²) in [6.45, 7) is 4.03. The zero-order valence-electron chi connectivity index (χ0n) is 18.4. The van der Waals surface area contributed by atoms with Gasteiger partial charge in [-0.3, -0.25) is 14.6 Å². The second-order valence-corrected chi connectivity index (χ2v) is 6.91. The molecule has 0 fully saturated rings. The minimum atomic E-state index is -4.61. The predicted molar refractivity (Wildman–Crippen MR) is 120 cm³/mol. The smallest absolute Gasteiger partial charge is 0.433 e. The lowest BCUT2D eigenvalue weighted by molar-refractivity contribution is -0.141. The molecule has 0 radical (unpaired) electrons. The fourth-order valence-electron chi connectivity index (χ4n) is 2.98. The van der Waals surface area contributed by atoms with Crippen molar-refractivity contribution in [3.8, 4) is 11.5 Å². The fraction of sp³-hybridized carbons (Fsp3) is 0.208. The minimum Gasteiger partial charge on any atom is -0.492 e. The zero-order chi connectivity index (χ0) is 24.7. The predicted octanol–water partition coefficient (Wildman–Crippen LogP) is 5.40.